The number of aryl methyl sites for hydroxylation is 1. The first kappa shape index (κ1) is 19.4. The maximum absolute atomic E-state index is 13.7. The average molecular weight is 393 g/mol. The molecule has 2 heterocycles. The molecule has 1 aliphatic carbocycles. The number of benzene rings is 1. The third-order valence-electron chi connectivity index (χ3n) is 6.55. The molecular weight excluding hydrogens is 364 g/mol. The Balaban J connectivity index is 1.60. The summed E-state index contributed by atoms with van der Waals surface area (Å²) in [6, 6.07) is 9.97. The Morgan fingerprint density at radius 1 is 1.24 bits per heavy atom. The van der Waals surface area contributed by atoms with Crippen LogP contribution in [0, 0.1) is 0 Å². The highest BCUT2D eigenvalue weighted by atomic mass is 16.2. The van der Waals surface area contributed by atoms with Gasteiger partial charge in [-0.05, 0) is 43.7 Å². The van der Waals surface area contributed by atoms with Crippen molar-refractivity contribution in [3.63, 3.8) is 0 Å². The van der Waals surface area contributed by atoms with E-state index in [2.05, 4.69) is 17.0 Å². The normalized spacial score (nSPS) is 20.6. The fraction of sp³-hybridized carbons (Fsp3) is 0.435. The number of aromatic nitrogens is 2. The summed E-state index contributed by atoms with van der Waals surface area (Å²) in [5, 5.41) is 7.73. The van der Waals surface area contributed by atoms with Gasteiger partial charge in [-0.2, -0.15) is 5.10 Å². The number of hydrogen-bond donors (Lipinski definition) is 1. The Bertz CT molecular complexity index is 910. The van der Waals surface area contributed by atoms with E-state index in [1.807, 2.05) is 48.3 Å². The third kappa shape index (κ3) is 3.48. The summed E-state index contributed by atoms with van der Waals surface area (Å²) >= 11 is 0. The summed E-state index contributed by atoms with van der Waals surface area (Å²) in [6.45, 7) is 4.69. The summed E-state index contributed by atoms with van der Waals surface area (Å²) < 4.78 is 1.92. The number of nitrogens with one attached hydrogen (secondary N) is 1. The smallest absolute Gasteiger partial charge is 0.245 e. The summed E-state index contributed by atoms with van der Waals surface area (Å²) in [4.78, 5) is 27.5. The molecule has 6 heteroatoms. The zero-order valence-corrected chi connectivity index (χ0v) is 16.9. The van der Waals surface area contributed by atoms with Crippen LogP contribution in [0.25, 0.3) is 0 Å². The van der Waals surface area contributed by atoms with Gasteiger partial charge in [0, 0.05) is 31.4 Å². The Hall–Kier alpha value is -2.89. The molecule has 0 saturated carbocycles. The highest BCUT2D eigenvalue weighted by Crippen LogP contribution is 2.38. The standard InChI is InChI=1S/C23H28N4O2/c1-3-21(28)27-14-12-23(13-15-27,17-8-5-4-6-9-17)22(29)25-19-10-7-11-20-18(19)16-24-26(20)2/h3-6,8-9,16,19H,1,7,10-15H2,2H3,(H,25,29). The molecule has 4 rings (SSSR count). The number of carbonyl (C=O) groups is 2. The van der Waals surface area contributed by atoms with E-state index in [0.717, 1.165) is 30.4 Å². The van der Waals surface area contributed by atoms with Crippen LogP contribution >= 0.6 is 0 Å². The number of hydrogen-bond acceptors (Lipinski definition) is 3. The largest absolute Gasteiger partial charge is 0.348 e. The molecule has 1 fully saturated rings. The molecule has 1 aromatic heterocycles. The van der Waals surface area contributed by atoms with E-state index in [0.29, 0.717) is 25.9 Å². The molecular formula is C23H28N4O2. The Labute approximate surface area is 171 Å². The Morgan fingerprint density at radius 3 is 2.66 bits per heavy atom. The highest BCUT2D eigenvalue weighted by molar-refractivity contribution is 5.90. The molecule has 1 atom stereocenters. The second kappa shape index (κ2) is 7.85. The highest BCUT2D eigenvalue weighted by Gasteiger charge is 2.44. The van der Waals surface area contributed by atoms with Gasteiger partial charge in [-0.25, -0.2) is 0 Å². The van der Waals surface area contributed by atoms with Gasteiger partial charge in [-0.15, -0.1) is 0 Å². The fourth-order valence-electron chi connectivity index (χ4n) is 4.79. The van der Waals surface area contributed by atoms with Crippen molar-refractivity contribution < 1.29 is 9.59 Å². The molecule has 1 aliphatic heterocycles. The first-order valence-electron chi connectivity index (χ1n) is 10.3. The van der Waals surface area contributed by atoms with Gasteiger partial charge in [0.05, 0.1) is 17.7 Å². The van der Waals surface area contributed by atoms with Gasteiger partial charge in [0.1, 0.15) is 0 Å². The van der Waals surface area contributed by atoms with Crippen LogP contribution in [0.15, 0.2) is 49.2 Å². The zero-order valence-electron chi connectivity index (χ0n) is 16.9. The van der Waals surface area contributed by atoms with Crippen molar-refractivity contribution in [3.05, 3.63) is 66.0 Å². The second-order valence-corrected chi connectivity index (χ2v) is 8.07. The van der Waals surface area contributed by atoms with Crippen molar-refractivity contribution in [2.24, 2.45) is 7.05 Å². The lowest BCUT2D eigenvalue weighted by molar-refractivity contribution is -0.134. The van der Waals surface area contributed by atoms with Crippen LogP contribution in [-0.4, -0.2) is 39.6 Å². The van der Waals surface area contributed by atoms with Crippen LogP contribution in [0.3, 0.4) is 0 Å². The van der Waals surface area contributed by atoms with Gasteiger partial charge in [0.15, 0.2) is 0 Å². The van der Waals surface area contributed by atoms with Crippen molar-refractivity contribution in [3.8, 4) is 0 Å². The maximum atomic E-state index is 13.7. The summed E-state index contributed by atoms with van der Waals surface area (Å²) in [5.74, 6) is -0.0181. The number of piperidine rings is 1. The molecule has 2 aromatic rings. The molecule has 152 valence electrons. The molecule has 1 N–H and O–H groups in total. The van der Waals surface area contributed by atoms with E-state index in [1.54, 1.807) is 4.90 Å². The molecule has 1 aromatic carbocycles. The first-order chi connectivity index (χ1) is 14.0. The summed E-state index contributed by atoms with van der Waals surface area (Å²) in [7, 11) is 1.96. The average Bonchev–Trinajstić information content (AvgIpc) is 3.15. The molecule has 1 saturated heterocycles. The van der Waals surface area contributed by atoms with Crippen molar-refractivity contribution in [1.29, 1.82) is 0 Å². The predicted octanol–water partition coefficient (Wildman–Crippen LogP) is 2.66. The van der Waals surface area contributed by atoms with Gasteiger partial charge >= 0.3 is 0 Å². The quantitative estimate of drug-likeness (QED) is 0.814. The monoisotopic (exact) mass is 392 g/mol. The van der Waals surface area contributed by atoms with E-state index in [9.17, 15) is 9.59 Å². The van der Waals surface area contributed by atoms with Gasteiger partial charge < -0.3 is 10.2 Å². The van der Waals surface area contributed by atoms with E-state index >= 15 is 0 Å². The molecule has 0 radical (unpaired) electrons. The van der Waals surface area contributed by atoms with Crippen molar-refractivity contribution in [2.45, 2.75) is 43.6 Å². The fourth-order valence-corrected chi connectivity index (χ4v) is 4.79. The zero-order chi connectivity index (χ0) is 20.4. The molecule has 0 bridgehead atoms. The first-order valence-corrected chi connectivity index (χ1v) is 10.3. The molecule has 1 unspecified atom stereocenters. The molecule has 29 heavy (non-hydrogen) atoms. The second-order valence-electron chi connectivity index (χ2n) is 8.07. The number of nitrogens with zero attached hydrogens (tertiary/aromatic N) is 3. The van der Waals surface area contributed by atoms with E-state index in [1.165, 1.54) is 11.8 Å². The van der Waals surface area contributed by atoms with Crippen LogP contribution < -0.4 is 5.32 Å². The molecule has 0 spiro atoms. The summed E-state index contributed by atoms with van der Waals surface area (Å²) in [6.07, 6.45) is 7.42. The summed E-state index contributed by atoms with van der Waals surface area (Å²) in [5.41, 5.74) is 2.74. The van der Waals surface area contributed by atoms with Crippen LogP contribution in [0.1, 0.15) is 48.5 Å². The van der Waals surface area contributed by atoms with Crippen LogP contribution in [0.2, 0.25) is 0 Å². The van der Waals surface area contributed by atoms with E-state index < -0.39 is 5.41 Å². The van der Waals surface area contributed by atoms with Crippen LogP contribution in [-0.2, 0) is 28.5 Å². The van der Waals surface area contributed by atoms with Crippen LogP contribution in [0.4, 0.5) is 0 Å². The van der Waals surface area contributed by atoms with E-state index in [4.69, 9.17) is 0 Å². The number of likely N-dealkylation sites (tertiary alicyclic amines) is 1. The number of rotatable bonds is 4. The lowest BCUT2D eigenvalue weighted by atomic mass is 9.71. The van der Waals surface area contributed by atoms with Gasteiger partial charge in [-0.3, -0.25) is 14.3 Å². The number of amides is 2. The van der Waals surface area contributed by atoms with Crippen molar-refractivity contribution in [1.82, 2.24) is 20.0 Å². The van der Waals surface area contributed by atoms with Gasteiger partial charge in [0.25, 0.3) is 0 Å². The molecule has 2 amide bonds. The number of carbonyl (C=O) groups excluding carboxylic acids is 2. The Kier molecular flexibility index (Phi) is 5.26. The topological polar surface area (TPSA) is 67.2 Å². The third-order valence-corrected chi connectivity index (χ3v) is 6.55. The van der Waals surface area contributed by atoms with Crippen molar-refractivity contribution in [2.75, 3.05) is 13.1 Å². The Morgan fingerprint density at radius 2 is 1.97 bits per heavy atom. The van der Waals surface area contributed by atoms with Crippen molar-refractivity contribution >= 4 is 11.8 Å². The van der Waals surface area contributed by atoms with Crippen LogP contribution in [0.5, 0.6) is 0 Å². The minimum absolute atomic E-state index is 0.00614. The lowest BCUT2D eigenvalue weighted by Crippen LogP contribution is -2.53. The lowest BCUT2D eigenvalue weighted by Gasteiger charge is -2.41. The SMILES string of the molecule is C=CC(=O)N1CCC(C(=O)NC2CCCc3c2cnn3C)(c2ccccc2)CC1. The molecule has 2 aliphatic rings. The minimum atomic E-state index is -0.626. The molecule has 6 nitrogen and oxygen atoms in total. The van der Waals surface area contributed by atoms with E-state index in [-0.39, 0.29) is 17.9 Å². The maximum Gasteiger partial charge on any atom is 0.245 e. The number of fused-ring (bicyclic) bond motifs is 1. The van der Waals surface area contributed by atoms with Gasteiger partial charge in [0.2, 0.25) is 11.8 Å². The predicted molar refractivity (Wildman–Crippen MR) is 111 cm³/mol. The van der Waals surface area contributed by atoms with Gasteiger partial charge in [-0.1, -0.05) is 36.9 Å². The minimum Gasteiger partial charge on any atom is -0.348 e.